The van der Waals surface area contributed by atoms with E-state index >= 15 is 0 Å². The number of benzene rings is 4. The van der Waals surface area contributed by atoms with E-state index in [1.807, 2.05) is 54.6 Å². The Morgan fingerprint density at radius 1 is 0.362 bits per heavy atom. The normalized spacial score (nSPS) is 10.4. The monoisotopic (exact) mass is 1330 g/mol. The van der Waals surface area contributed by atoms with Gasteiger partial charge < -0.3 is 67.2 Å². The van der Waals surface area contributed by atoms with Crippen molar-refractivity contribution in [3.8, 4) is 44.5 Å². The second kappa shape index (κ2) is 39.1. The molecule has 2 N–H and O–H groups in total. The van der Waals surface area contributed by atoms with Gasteiger partial charge in [0.05, 0.1) is 36.9 Å². The van der Waals surface area contributed by atoms with Crippen molar-refractivity contribution in [2.24, 2.45) is 0 Å². The van der Waals surface area contributed by atoms with E-state index in [4.69, 9.17) is 19.9 Å². The standard InChI is InChI=1S/C44H28N4.C5H5.3C4H10O3P.Co.Ho.H2O/c1-5-13-29(14-6-1)41-33-21-23-35(45-33)42(30-15-7-2-8-16-30)37-25-27-39(47-37)44(32-19-11-4-12-20-32)40-28-26-38(48-40)43(31-17-9-3-10-18-31)36-24-22-34(41)46-36;1-2-4-5-3-1;3*1-3-6-8(5)7-4-2;;;/h1-28H;1-5H;3*3-4H2,1-2H3;;;1H2/q-2;4*-1;2*+3;. The van der Waals surface area contributed by atoms with Crippen LogP contribution in [-0.2, 0) is 43.9 Å². The van der Waals surface area contributed by atoms with E-state index in [-0.39, 0.29) is 60.0 Å². The summed E-state index contributed by atoms with van der Waals surface area (Å²) in [6, 6.07) is 68.4. The van der Waals surface area contributed by atoms with Crippen molar-refractivity contribution < 1.29 is 102 Å². The van der Waals surface area contributed by atoms with Gasteiger partial charge in [0.1, 0.15) is 0 Å². The zero-order valence-corrected chi connectivity index (χ0v) is 50.9. The molecule has 10 rings (SSSR count). The van der Waals surface area contributed by atoms with E-state index in [2.05, 4.69) is 173 Å². The van der Waals surface area contributed by atoms with Crippen LogP contribution in [0, 0.1) is 37.7 Å². The molecule has 5 aromatic heterocycles. The fourth-order valence-corrected chi connectivity index (χ4v) is 9.24. The van der Waals surface area contributed by atoms with Crippen LogP contribution in [-0.4, -0.2) is 45.1 Å². The Morgan fingerprint density at radius 2 is 0.625 bits per heavy atom. The summed E-state index contributed by atoms with van der Waals surface area (Å²) in [6.07, 6.45) is 0. The van der Waals surface area contributed by atoms with Gasteiger partial charge >= 0.3 is 54.5 Å². The molecule has 0 amide bonds. The fraction of sp³-hybridized carbons (Fsp3) is 0.197. The Balaban J connectivity index is 0.000000432. The minimum atomic E-state index is -1.83. The van der Waals surface area contributed by atoms with E-state index in [9.17, 15) is 14.7 Å². The van der Waals surface area contributed by atoms with Crippen LogP contribution >= 0.6 is 25.8 Å². The van der Waals surface area contributed by atoms with Crippen molar-refractivity contribution in [3.63, 3.8) is 0 Å². The summed E-state index contributed by atoms with van der Waals surface area (Å²) in [5.74, 6) is 0. The quantitative estimate of drug-likeness (QED) is 0.0501. The number of rotatable bonds is 16. The Labute approximate surface area is 513 Å². The summed E-state index contributed by atoms with van der Waals surface area (Å²) in [5, 5.41) is 0. The van der Waals surface area contributed by atoms with Crippen molar-refractivity contribution in [2.75, 3.05) is 39.6 Å². The van der Waals surface area contributed by atoms with Crippen LogP contribution in [0.4, 0.5) is 0 Å². The Kier molecular flexibility index (Phi) is 34.1. The summed E-state index contributed by atoms with van der Waals surface area (Å²) >= 11 is 0. The molecular weight excluding hydrogens is 1270 g/mol. The molecule has 0 saturated heterocycles. The van der Waals surface area contributed by atoms with Crippen LogP contribution in [0.3, 0.4) is 0 Å². The molecule has 424 valence electrons. The van der Waals surface area contributed by atoms with Crippen molar-refractivity contribution in [1.82, 2.24) is 19.9 Å². The van der Waals surface area contributed by atoms with Gasteiger partial charge in [-0.2, -0.15) is 18.2 Å². The molecule has 0 aliphatic heterocycles. The Bertz CT molecular complexity index is 2780. The molecule has 19 heteroatoms. The first-order chi connectivity index (χ1) is 37.7. The maximum Gasteiger partial charge on any atom is 3.00 e. The smallest absolute Gasteiger partial charge is 0.786 e. The first-order valence-corrected chi connectivity index (χ1v) is 28.6. The number of aromatic nitrogens is 4. The molecule has 8 bridgehead atoms. The number of hydrogen-bond donors (Lipinski definition) is 0. The van der Waals surface area contributed by atoms with Gasteiger partial charge in [-0.15, -0.1) is 22.1 Å². The van der Waals surface area contributed by atoms with Gasteiger partial charge in [0.2, 0.25) is 0 Å². The topological polar surface area (TPSA) is 212 Å². The summed E-state index contributed by atoms with van der Waals surface area (Å²) < 4.78 is 27.4. The van der Waals surface area contributed by atoms with Crippen LogP contribution < -0.4 is 34.6 Å². The molecule has 5 heterocycles. The average molecular weight is 1330 g/mol. The summed E-state index contributed by atoms with van der Waals surface area (Å²) in [4.78, 5) is 52.3. The van der Waals surface area contributed by atoms with Gasteiger partial charge in [-0.25, -0.2) is 12.1 Å². The van der Waals surface area contributed by atoms with E-state index in [1.54, 1.807) is 41.5 Å². The predicted octanol–water partition coefficient (Wildman–Crippen LogP) is 13.0. The molecule has 0 atom stereocenters. The summed E-state index contributed by atoms with van der Waals surface area (Å²) in [6.45, 7) is 13.3. The van der Waals surface area contributed by atoms with Gasteiger partial charge in [-0.1, -0.05) is 83.8 Å². The third-order valence-corrected chi connectivity index (χ3v) is 13.6. The largest absolute Gasteiger partial charge is 3.00 e. The predicted molar refractivity (Wildman–Crippen MR) is 314 cm³/mol. The number of hydrogen-bond acceptors (Lipinski definition) is 9. The maximum absolute atomic E-state index is 10.3. The van der Waals surface area contributed by atoms with E-state index in [1.165, 1.54) is 0 Å². The van der Waals surface area contributed by atoms with Gasteiger partial charge in [0.25, 0.3) is 0 Å². The van der Waals surface area contributed by atoms with Crippen molar-refractivity contribution >= 4 is 69.9 Å². The molecule has 0 aliphatic rings. The van der Waals surface area contributed by atoms with Gasteiger partial charge in [0, 0.05) is 87.2 Å². The first kappa shape index (κ1) is 69.8. The zero-order valence-electron chi connectivity index (χ0n) is 45.2. The van der Waals surface area contributed by atoms with E-state index in [0.717, 1.165) is 88.6 Å². The number of fused-ring (bicyclic) bond motifs is 8. The van der Waals surface area contributed by atoms with Crippen LogP contribution in [0.15, 0.2) is 200 Å². The first-order valence-electron chi connectivity index (χ1n) is 25.4. The molecular formula is C61H65CoHoN4O10P3. The Morgan fingerprint density at radius 3 is 0.912 bits per heavy atom. The van der Waals surface area contributed by atoms with E-state index in [0.29, 0.717) is 39.6 Å². The van der Waals surface area contributed by atoms with Crippen LogP contribution in [0.1, 0.15) is 41.5 Å². The third-order valence-electron chi connectivity index (χ3n) is 10.8. The van der Waals surface area contributed by atoms with Crippen molar-refractivity contribution in [1.29, 1.82) is 0 Å². The van der Waals surface area contributed by atoms with Crippen molar-refractivity contribution in [2.45, 2.75) is 41.5 Å². The second-order valence-corrected chi connectivity index (χ2v) is 18.9. The summed E-state index contributed by atoms with van der Waals surface area (Å²) in [7, 11) is -5.49. The van der Waals surface area contributed by atoms with Crippen LogP contribution in [0.25, 0.3) is 88.6 Å². The van der Waals surface area contributed by atoms with Gasteiger partial charge in [-0.05, 0) is 135 Å². The molecule has 0 spiro atoms. The average Bonchev–Trinajstić information content (AvgIpc) is 4.45. The third kappa shape index (κ3) is 21.3. The second-order valence-electron chi connectivity index (χ2n) is 16.0. The van der Waals surface area contributed by atoms with Crippen LogP contribution in [0.2, 0.25) is 0 Å². The maximum atomic E-state index is 10.3. The zero-order chi connectivity index (χ0) is 54.6. The molecule has 10 aromatic rings. The molecule has 14 nitrogen and oxygen atoms in total. The van der Waals surface area contributed by atoms with E-state index < -0.39 is 25.8 Å². The SMILES string of the molecule is CCOP([O-])OCC.CCOP([O-])OCC.CCOP([O-])OCC.O.[Co+3].[Ho+3].c1cc[cH-]c1.c1ccc(-c2c3ccc([n-]3)c(-c3ccccc3)c3ccc([n-]3)[c+](-c3ccccc3)c3ccc([n-]3)[c+](-c3ccccc3)c3ccc2[n-]3)cc1. The molecule has 5 aromatic carbocycles. The fourth-order valence-electron chi connectivity index (χ4n) is 7.75. The van der Waals surface area contributed by atoms with Crippen molar-refractivity contribution in [3.05, 3.63) is 200 Å². The summed E-state index contributed by atoms with van der Waals surface area (Å²) in [5.41, 5.74) is 15.0. The van der Waals surface area contributed by atoms with Crippen LogP contribution in [0.5, 0.6) is 0 Å². The molecule has 0 radical (unpaired) electrons. The molecule has 80 heavy (non-hydrogen) atoms. The molecule has 0 unspecified atom stereocenters. The Hall–Kier alpha value is -4.51. The minimum absolute atomic E-state index is 0. The molecule has 0 aliphatic carbocycles. The molecule has 0 fully saturated rings. The molecule has 0 saturated carbocycles. The van der Waals surface area contributed by atoms with Gasteiger partial charge in [-0.3, -0.25) is 0 Å². The van der Waals surface area contributed by atoms with Gasteiger partial charge in [0.15, 0.2) is 0 Å². The number of nitrogens with zero attached hydrogens (tertiary/aromatic N) is 4. The minimum Gasteiger partial charge on any atom is -0.786 e.